The first kappa shape index (κ1) is 14.4. The molecule has 0 spiro atoms. The van der Waals surface area contributed by atoms with Crippen LogP contribution in [0.5, 0.6) is 0 Å². The van der Waals surface area contributed by atoms with E-state index in [1.165, 1.54) is 11.1 Å². The highest BCUT2D eigenvalue weighted by Gasteiger charge is 2.19. The Balaban J connectivity index is 1.84. The van der Waals surface area contributed by atoms with E-state index in [2.05, 4.69) is 30.4 Å². The van der Waals surface area contributed by atoms with E-state index >= 15 is 0 Å². The number of carbonyl (C=O) groups excluding carboxylic acids is 1. The van der Waals surface area contributed by atoms with Crippen LogP contribution in [0.4, 0.5) is 0 Å². The first-order chi connectivity index (χ1) is 9.15. The molecule has 1 N–H and O–H groups in total. The second-order valence-electron chi connectivity index (χ2n) is 5.17. The van der Waals surface area contributed by atoms with Crippen LogP contribution in [0.25, 0.3) is 0 Å². The second kappa shape index (κ2) is 6.96. The van der Waals surface area contributed by atoms with Gasteiger partial charge in [-0.2, -0.15) is 11.8 Å². The minimum absolute atomic E-state index is 0.224. The minimum atomic E-state index is 0.224. The van der Waals surface area contributed by atoms with E-state index in [1.807, 2.05) is 29.8 Å². The summed E-state index contributed by atoms with van der Waals surface area (Å²) in [4.78, 5) is 14.0. The van der Waals surface area contributed by atoms with E-state index in [4.69, 9.17) is 0 Å². The molecule has 1 aromatic rings. The van der Waals surface area contributed by atoms with Crippen molar-refractivity contribution in [3.05, 3.63) is 35.4 Å². The molecule has 104 valence electrons. The molecule has 1 aliphatic heterocycles. The van der Waals surface area contributed by atoms with E-state index in [1.54, 1.807) is 0 Å². The van der Waals surface area contributed by atoms with E-state index < -0.39 is 0 Å². The van der Waals surface area contributed by atoms with Crippen molar-refractivity contribution < 1.29 is 4.79 Å². The molecule has 1 saturated heterocycles. The standard InChI is InChI=1S/C15H22N2OS/c1-12-4-3-5-13(8-12)10-17(2)15(18)9-14-11-19-7-6-16-14/h3-5,8,14,16H,6-7,9-11H2,1-2H3. The van der Waals surface area contributed by atoms with Crippen molar-refractivity contribution in [3.63, 3.8) is 0 Å². The molecule has 4 heteroatoms. The molecular weight excluding hydrogens is 256 g/mol. The van der Waals surface area contributed by atoms with Gasteiger partial charge in [0, 0.05) is 44.1 Å². The number of nitrogens with one attached hydrogen (secondary N) is 1. The number of carbonyl (C=O) groups is 1. The van der Waals surface area contributed by atoms with E-state index in [9.17, 15) is 4.79 Å². The number of hydrogen-bond acceptors (Lipinski definition) is 3. The van der Waals surface area contributed by atoms with E-state index in [-0.39, 0.29) is 5.91 Å². The molecule has 1 atom stereocenters. The molecule has 0 saturated carbocycles. The van der Waals surface area contributed by atoms with Crippen LogP contribution in [-0.2, 0) is 11.3 Å². The number of aryl methyl sites for hydroxylation is 1. The molecule has 1 aromatic carbocycles. The van der Waals surface area contributed by atoms with Gasteiger partial charge in [-0.05, 0) is 12.5 Å². The maximum atomic E-state index is 12.2. The van der Waals surface area contributed by atoms with Gasteiger partial charge in [0.05, 0.1) is 0 Å². The smallest absolute Gasteiger partial charge is 0.224 e. The van der Waals surface area contributed by atoms with Crippen LogP contribution in [0.2, 0.25) is 0 Å². The lowest BCUT2D eigenvalue weighted by molar-refractivity contribution is -0.130. The van der Waals surface area contributed by atoms with Crippen LogP contribution in [0.3, 0.4) is 0 Å². The summed E-state index contributed by atoms with van der Waals surface area (Å²) in [6, 6.07) is 8.67. The fourth-order valence-corrected chi connectivity index (χ4v) is 3.24. The summed E-state index contributed by atoms with van der Waals surface area (Å²) >= 11 is 1.93. The lowest BCUT2D eigenvalue weighted by Crippen LogP contribution is -2.41. The molecular formula is C15H22N2OS. The van der Waals surface area contributed by atoms with Gasteiger partial charge in [-0.15, -0.1) is 0 Å². The molecule has 1 amide bonds. The molecule has 0 aliphatic carbocycles. The topological polar surface area (TPSA) is 32.3 Å². The molecule has 1 unspecified atom stereocenters. The van der Waals surface area contributed by atoms with Crippen LogP contribution in [0, 0.1) is 6.92 Å². The fraction of sp³-hybridized carbons (Fsp3) is 0.533. The zero-order chi connectivity index (χ0) is 13.7. The summed E-state index contributed by atoms with van der Waals surface area (Å²) in [7, 11) is 1.89. The Morgan fingerprint density at radius 1 is 1.53 bits per heavy atom. The quantitative estimate of drug-likeness (QED) is 0.915. The zero-order valence-electron chi connectivity index (χ0n) is 11.7. The van der Waals surface area contributed by atoms with Crippen LogP contribution in [0.1, 0.15) is 17.5 Å². The molecule has 1 aliphatic rings. The van der Waals surface area contributed by atoms with Crippen molar-refractivity contribution in [2.75, 3.05) is 25.1 Å². The largest absolute Gasteiger partial charge is 0.341 e. The van der Waals surface area contributed by atoms with Gasteiger partial charge in [-0.25, -0.2) is 0 Å². The van der Waals surface area contributed by atoms with Gasteiger partial charge in [0.15, 0.2) is 0 Å². The molecule has 0 aromatic heterocycles. The number of thioether (sulfide) groups is 1. The summed E-state index contributed by atoms with van der Waals surface area (Å²) in [5.41, 5.74) is 2.44. The first-order valence-corrected chi connectivity index (χ1v) is 7.91. The Kier molecular flexibility index (Phi) is 5.28. The van der Waals surface area contributed by atoms with Gasteiger partial charge in [-0.3, -0.25) is 4.79 Å². The molecule has 3 nitrogen and oxygen atoms in total. The van der Waals surface area contributed by atoms with Gasteiger partial charge in [0.1, 0.15) is 0 Å². The normalized spacial score (nSPS) is 19.2. The lowest BCUT2D eigenvalue weighted by atomic mass is 10.1. The summed E-state index contributed by atoms with van der Waals surface area (Å²) in [5, 5.41) is 3.41. The summed E-state index contributed by atoms with van der Waals surface area (Å²) < 4.78 is 0. The molecule has 2 rings (SSSR count). The number of hydrogen-bond donors (Lipinski definition) is 1. The highest BCUT2D eigenvalue weighted by molar-refractivity contribution is 7.99. The van der Waals surface area contributed by atoms with Crippen LogP contribution >= 0.6 is 11.8 Å². The van der Waals surface area contributed by atoms with Crippen molar-refractivity contribution >= 4 is 17.7 Å². The molecule has 0 bridgehead atoms. The highest BCUT2D eigenvalue weighted by atomic mass is 32.2. The average molecular weight is 278 g/mol. The van der Waals surface area contributed by atoms with Gasteiger partial charge in [-0.1, -0.05) is 29.8 Å². The molecule has 1 fully saturated rings. The Hall–Kier alpha value is -1.00. The summed E-state index contributed by atoms with van der Waals surface area (Å²) in [6.45, 7) is 3.79. The van der Waals surface area contributed by atoms with Gasteiger partial charge >= 0.3 is 0 Å². The Labute approximate surface area is 119 Å². The highest BCUT2D eigenvalue weighted by Crippen LogP contribution is 2.12. The third kappa shape index (κ3) is 4.55. The maximum absolute atomic E-state index is 12.2. The number of rotatable bonds is 4. The van der Waals surface area contributed by atoms with Crippen molar-refractivity contribution in [3.8, 4) is 0 Å². The second-order valence-corrected chi connectivity index (χ2v) is 6.32. The summed E-state index contributed by atoms with van der Waals surface area (Å²) in [5.74, 6) is 2.43. The third-order valence-corrected chi connectivity index (χ3v) is 4.48. The average Bonchev–Trinajstić information content (AvgIpc) is 2.40. The van der Waals surface area contributed by atoms with Crippen molar-refractivity contribution in [2.45, 2.75) is 25.9 Å². The monoisotopic (exact) mass is 278 g/mol. The number of benzene rings is 1. The molecule has 0 radical (unpaired) electrons. The number of amides is 1. The minimum Gasteiger partial charge on any atom is -0.341 e. The number of nitrogens with zero attached hydrogens (tertiary/aromatic N) is 1. The molecule has 1 heterocycles. The zero-order valence-corrected chi connectivity index (χ0v) is 12.5. The lowest BCUT2D eigenvalue weighted by Gasteiger charge is -2.25. The van der Waals surface area contributed by atoms with Crippen LogP contribution in [0.15, 0.2) is 24.3 Å². The van der Waals surface area contributed by atoms with Crippen molar-refractivity contribution in [1.82, 2.24) is 10.2 Å². The predicted octanol–water partition coefficient (Wildman–Crippen LogP) is 2.05. The van der Waals surface area contributed by atoms with Gasteiger partial charge < -0.3 is 10.2 Å². The Morgan fingerprint density at radius 3 is 3.05 bits per heavy atom. The maximum Gasteiger partial charge on any atom is 0.224 e. The van der Waals surface area contributed by atoms with Crippen LogP contribution in [-0.4, -0.2) is 41.9 Å². The van der Waals surface area contributed by atoms with E-state index in [0.29, 0.717) is 19.0 Å². The molecule has 19 heavy (non-hydrogen) atoms. The summed E-state index contributed by atoms with van der Waals surface area (Å²) in [6.07, 6.45) is 0.606. The van der Waals surface area contributed by atoms with Gasteiger partial charge in [0.25, 0.3) is 0 Å². The van der Waals surface area contributed by atoms with Crippen molar-refractivity contribution in [1.29, 1.82) is 0 Å². The first-order valence-electron chi connectivity index (χ1n) is 6.76. The Morgan fingerprint density at radius 2 is 2.37 bits per heavy atom. The van der Waals surface area contributed by atoms with Gasteiger partial charge in [0.2, 0.25) is 5.91 Å². The van der Waals surface area contributed by atoms with Crippen LogP contribution < -0.4 is 5.32 Å². The SMILES string of the molecule is Cc1cccc(CN(C)C(=O)CC2CSCCN2)c1. The third-order valence-electron chi connectivity index (χ3n) is 3.35. The van der Waals surface area contributed by atoms with Crippen molar-refractivity contribution in [2.24, 2.45) is 0 Å². The predicted molar refractivity (Wildman–Crippen MR) is 81.4 cm³/mol. The van der Waals surface area contributed by atoms with E-state index in [0.717, 1.165) is 18.1 Å². The fourth-order valence-electron chi connectivity index (χ4n) is 2.29. The Bertz CT molecular complexity index is 430.